The summed E-state index contributed by atoms with van der Waals surface area (Å²) < 4.78 is 0. The van der Waals surface area contributed by atoms with Gasteiger partial charge in [-0.1, -0.05) is 6.42 Å². The van der Waals surface area contributed by atoms with E-state index in [1.165, 1.54) is 12.6 Å². The van der Waals surface area contributed by atoms with Crippen molar-refractivity contribution >= 4 is 5.97 Å². The fourth-order valence-corrected chi connectivity index (χ4v) is 1.94. The molecule has 0 aromatic carbocycles. The Bertz CT molecular complexity index is 449. The van der Waals surface area contributed by atoms with E-state index >= 15 is 0 Å². The average Bonchev–Trinajstić information content (AvgIpc) is 2.13. The van der Waals surface area contributed by atoms with Crippen LogP contribution in [0, 0.1) is 0 Å². The van der Waals surface area contributed by atoms with Gasteiger partial charge in [0.15, 0.2) is 0 Å². The van der Waals surface area contributed by atoms with Crippen LogP contribution in [0.3, 0.4) is 0 Å². The van der Waals surface area contributed by atoms with E-state index in [1.54, 1.807) is 0 Å². The van der Waals surface area contributed by atoms with Crippen LogP contribution < -0.4 is 5.69 Å². The normalized spacial score (nSPS) is 15.8. The second kappa shape index (κ2) is 4.47. The molecule has 0 aliphatic heterocycles. The SMILES string of the molecule is O=C(O)CCc1cnc(=O)[nH]c1C1CCC1. The van der Waals surface area contributed by atoms with Crippen molar-refractivity contribution in [3.8, 4) is 0 Å². The Kier molecular flexibility index (Phi) is 3.03. The van der Waals surface area contributed by atoms with Gasteiger partial charge in [-0.3, -0.25) is 4.79 Å². The smallest absolute Gasteiger partial charge is 0.345 e. The molecule has 0 radical (unpaired) electrons. The zero-order valence-electron chi connectivity index (χ0n) is 8.90. The molecular formula is C11H14N2O3. The van der Waals surface area contributed by atoms with Crippen LogP contribution in [-0.4, -0.2) is 21.0 Å². The summed E-state index contributed by atoms with van der Waals surface area (Å²) in [5.41, 5.74) is 1.42. The largest absolute Gasteiger partial charge is 0.481 e. The maximum absolute atomic E-state index is 11.1. The number of hydrogen-bond acceptors (Lipinski definition) is 3. The van der Waals surface area contributed by atoms with Gasteiger partial charge in [-0.25, -0.2) is 9.78 Å². The average molecular weight is 222 g/mol. The highest BCUT2D eigenvalue weighted by Crippen LogP contribution is 2.36. The van der Waals surface area contributed by atoms with Crippen molar-refractivity contribution in [2.24, 2.45) is 0 Å². The van der Waals surface area contributed by atoms with Crippen LogP contribution in [0.15, 0.2) is 11.0 Å². The lowest BCUT2D eigenvalue weighted by Gasteiger charge is -2.26. The Morgan fingerprint density at radius 2 is 2.31 bits per heavy atom. The molecule has 0 unspecified atom stereocenters. The Hall–Kier alpha value is -1.65. The van der Waals surface area contributed by atoms with E-state index in [4.69, 9.17) is 5.11 Å². The molecule has 1 heterocycles. The number of H-pyrrole nitrogens is 1. The Morgan fingerprint density at radius 3 is 2.88 bits per heavy atom. The van der Waals surface area contributed by atoms with Gasteiger partial charge >= 0.3 is 11.7 Å². The lowest BCUT2D eigenvalue weighted by Crippen LogP contribution is -2.21. The summed E-state index contributed by atoms with van der Waals surface area (Å²) >= 11 is 0. The molecule has 1 aliphatic rings. The van der Waals surface area contributed by atoms with Crippen LogP contribution in [0.25, 0.3) is 0 Å². The van der Waals surface area contributed by atoms with Gasteiger partial charge in [0.05, 0.1) is 0 Å². The first-order valence-electron chi connectivity index (χ1n) is 5.46. The molecule has 2 rings (SSSR count). The van der Waals surface area contributed by atoms with Crippen LogP contribution in [0.1, 0.15) is 42.9 Å². The molecule has 0 saturated heterocycles. The van der Waals surface area contributed by atoms with Gasteiger partial charge in [-0.05, 0) is 30.7 Å². The molecule has 5 heteroatoms. The number of aromatic amines is 1. The number of nitrogens with zero attached hydrogens (tertiary/aromatic N) is 1. The zero-order chi connectivity index (χ0) is 11.5. The van der Waals surface area contributed by atoms with Gasteiger partial charge in [-0.2, -0.15) is 0 Å². The highest BCUT2D eigenvalue weighted by molar-refractivity contribution is 5.67. The zero-order valence-corrected chi connectivity index (χ0v) is 8.90. The number of carbonyl (C=O) groups is 1. The summed E-state index contributed by atoms with van der Waals surface area (Å²) in [7, 11) is 0. The predicted molar refractivity (Wildman–Crippen MR) is 57.4 cm³/mol. The van der Waals surface area contributed by atoms with E-state index in [1.807, 2.05) is 0 Å². The van der Waals surface area contributed by atoms with Gasteiger partial charge in [-0.15, -0.1) is 0 Å². The van der Waals surface area contributed by atoms with E-state index < -0.39 is 5.97 Å². The predicted octanol–water partition coefficient (Wildman–Crippen LogP) is 1.05. The quantitative estimate of drug-likeness (QED) is 0.797. The first-order valence-corrected chi connectivity index (χ1v) is 5.46. The number of hydrogen-bond donors (Lipinski definition) is 2. The minimum absolute atomic E-state index is 0.0768. The first kappa shape index (κ1) is 10.9. The molecule has 0 atom stereocenters. The van der Waals surface area contributed by atoms with E-state index in [2.05, 4.69) is 9.97 Å². The summed E-state index contributed by atoms with van der Waals surface area (Å²) in [5.74, 6) is -0.440. The van der Waals surface area contributed by atoms with Crippen LogP contribution >= 0.6 is 0 Å². The molecule has 5 nitrogen and oxygen atoms in total. The third kappa shape index (κ3) is 2.29. The van der Waals surface area contributed by atoms with Crippen LogP contribution in [0.4, 0.5) is 0 Å². The Balaban J connectivity index is 2.21. The van der Waals surface area contributed by atoms with E-state index in [0.29, 0.717) is 12.3 Å². The lowest BCUT2D eigenvalue weighted by molar-refractivity contribution is -0.136. The fourth-order valence-electron chi connectivity index (χ4n) is 1.94. The standard InChI is InChI=1S/C11H14N2O3/c14-9(15)5-4-8-6-12-11(16)13-10(8)7-2-1-3-7/h6-7H,1-5H2,(H,14,15)(H,12,13,16). The number of rotatable bonds is 4. The summed E-state index contributed by atoms with van der Waals surface area (Å²) in [6, 6.07) is 0. The minimum Gasteiger partial charge on any atom is -0.481 e. The molecule has 1 aromatic heterocycles. The van der Waals surface area contributed by atoms with E-state index in [0.717, 1.165) is 24.1 Å². The number of aryl methyl sites for hydroxylation is 1. The first-order chi connectivity index (χ1) is 7.66. The molecule has 16 heavy (non-hydrogen) atoms. The van der Waals surface area contributed by atoms with Gasteiger partial charge in [0.25, 0.3) is 0 Å². The van der Waals surface area contributed by atoms with Gasteiger partial charge in [0, 0.05) is 18.3 Å². The molecule has 0 spiro atoms. The minimum atomic E-state index is -0.828. The summed E-state index contributed by atoms with van der Waals surface area (Å²) in [6.07, 6.45) is 5.33. The number of nitrogens with one attached hydrogen (secondary N) is 1. The monoisotopic (exact) mass is 222 g/mol. The van der Waals surface area contributed by atoms with Crippen molar-refractivity contribution in [1.82, 2.24) is 9.97 Å². The van der Waals surface area contributed by atoms with Crippen LogP contribution in [0.5, 0.6) is 0 Å². The summed E-state index contributed by atoms with van der Waals surface area (Å²) in [5, 5.41) is 8.64. The van der Waals surface area contributed by atoms with Crippen molar-refractivity contribution in [1.29, 1.82) is 0 Å². The highest BCUT2D eigenvalue weighted by Gasteiger charge is 2.23. The van der Waals surface area contributed by atoms with Gasteiger partial charge in [0.1, 0.15) is 0 Å². The summed E-state index contributed by atoms with van der Waals surface area (Å²) in [6.45, 7) is 0. The van der Waals surface area contributed by atoms with Crippen molar-refractivity contribution in [3.05, 3.63) is 27.9 Å². The summed E-state index contributed by atoms with van der Waals surface area (Å²) in [4.78, 5) is 28.1. The fraction of sp³-hybridized carbons (Fsp3) is 0.545. The van der Waals surface area contributed by atoms with Crippen molar-refractivity contribution in [2.45, 2.75) is 38.0 Å². The van der Waals surface area contributed by atoms with Crippen molar-refractivity contribution in [2.75, 3.05) is 0 Å². The van der Waals surface area contributed by atoms with Crippen molar-refractivity contribution in [3.63, 3.8) is 0 Å². The third-order valence-electron chi connectivity index (χ3n) is 3.05. The van der Waals surface area contributed by atoms with E-state index in [-0.39, 0.29) is 12.1 Å². The molecule has 2 N–H and O–H groups in total. The Labute approximate surface area is 92.5 Å². The maximum Gasteiger partial charge on any atom is 0.345 e. The molecule has 1 saturated carbocycles. The topological polar surface area (TPSA) is 83.0 Å². The molecule has 86 valence electrons. The molecule has 0 bridgehead atoms. The maximum atomic E-state index is 11.1. The molecule has 1 aromatic rings. The van der Waals surface area contributed by atoms with Crippen molar-refractivity contribution < 1.29 is 9.90 Å². The number of aromatic nitrogens is 2. The molecular weight excluding hydrogens is 208 g/mol. The van der Waals surface area contributed by atoms with E-state index in [9.17, 15) is 9.59 Å². The van der Waals surface area contributed by atoms with Crippen LogP contribution in [0.2, 0.25) is 0 Å². The second-order valence-electron chi connectivity index (χ2n) is 4.15. The van der Waals surface area contributed by atoms with Crippen LogP contribution in [-0.2, 0) is 11.2 Å². The third-order valence-corrected chi connectivity index (χ3v) is 3.05. The molecule has 1 aliphatic carbocycles. The second-order valence-corrected chi connectivity index (χ2v) is 4.15. The van der Waals surface area contributed by atoms with Gasteiger partial charge < -0.3 is 10.1 Å². The Morgan fingerprint density at radius 1 is 1.56 bits per heavy atom. The number of carboxylic acids is 1. The molecule has 1 fully saturated rings. The highest BCUT2D eigenvalue weighted by atomic mass is 16.4. The van der Waals surface area contributed by atoms with Gasteiger partial charge in [0.2, 0.25) is 0 Å². The number of aliphatic carboxylic acids is 1. The molecule has 0 amide bonds. The lowest BCUT2D eigenvalue weighted by atomic mass is 9.81. The number of carboxylic acid groups (broad SMARTS) is 1.